The minimum absolute atomic E-state index is 0.643. The van der Waals surface area contributed by atoms with Crippen molar-refractivity contribution in [2.24, 2.45) is 0 Å². The van der Waals surface area contributed by atoms with Crippen LogP contribution < -0.4 is 0 Å². The molecular weight excluding hydrogens is 232 g/mol. The molecule has 1 aromatic rings. The van der Waals surface area contributed by atoms with Gasteiger partial charge in [-0.15, -0.1) is 11.3 Å². The van der Waals surface area contributed by atoms with Crippen LogP contribution in [0.3, 0.4) is 0 Å². The van der Waals surface area contributed by atoms with Crippen molar-refractivity contribution in [3.63, 3.8) is 0 Å². The maximum absolute atomic E-state index is 3.54. The summed E-state index contributed by atoms with van der Waals surface area (Å²) in [6.45, 7) is 9.01. The van der Waals surface area contributed by atoms with Crippen LogP contribution in [-0.2, 0) is 0 Å². The summed E-state index contributed by atoms with van der Waals surface area (Å²) < 4.78 is 1.26. The summed E-state index contributed by atoms with van der Waals surface area (Å²) in [6.07, 6.45) is 0. The minimum atomic E-state index is 0.643. The van der Waals surface area contributed by atoms with Crippen molar-refractivity contribution < 1.29 is 0 Å². The summed E-state index contributed by atoms with van der Waals surface area (Å²) in [4.78, 5) is 1.52. The number of hydrogen-bond acceptors (Lipinski definition) is 1. The first-order chi connectivity index (χ1) is 5.52. The maximum atomic E-state index is 3.54. The molecule has 0 radical (unpaired) electrons. The zero-order valence-corrected chi connectivity index (χ0v) is 10.4. The smallest absolute Gasteiger partial charge is 0.0704 e. The standard InChI is InChI=1S/C10H15BrS/c1-6(2)8-5-9(11)12-10(8)7(3)4/h5-7H,1-4H3. The molecule has 12 heavy (non-hydrogen) atoms. The van der Waals surface area contributed by atoms with Gasteiger partial charge in [0.2, 0.25) is 0 Å². The summed E-state index contributed by atoms with van der Waals surface area (Å²) in [5, 5.41) is 0. The molecule has 0 spiro atoms. The third kappa shape index (κ3) is 2.11. The molecule has 0 aliphatic heterocycles. The molecular formula is C10H15BrS. The lowest BCUT2D eigenvalue weighted by Gasteiger charge is -2.08. The molecule has 0 atom stereocenters. The molecule has 0 aliphatic rings. The van der Waals surface area contributed by atoms with Gasteiger partial charge in [0.1, 0.15) is 0 Å². The van der Waals surface area contributed by atoms with E-state index in [1.807, 2.05) is 11.3 Å². The van der Waals surface area contributed by atoms with E-state index in [4.69, 9.17) is 0 Å². The highest BCUT2D eigenvalue weighted by atomic mass is 79.9. The SMILES string of the molecule is CC(C)c1cc(Br)sc1C(C)C. The molecule has 0 fully saturated rings. The summed E-state index contributed by atoms with van der Waals surface area (Å²) >= 11 is 5.41. The highest BCUT2D eigenvalue weighted by Crippen LogP contribution is 2.36. The van der Waals surface area contributed by atoms with Gasteiger partial charge in [-0.2, -0.15) is 0 Å². The van der Waals surface area contributed by atoms with Crippen LogP contribution in [0.5, 0.6) is 0 Å². The second-order valence-electron chi connectivity index (χ2n) is 3.68. The Morgan fingerprint density at radius 2 is 1.75 bits per heavy atom. The van der Waals surface area contributed by atoms with Gasteiger partial charge >= 0.3 is 0 Å². The predicted molar refractivity (Wildman–Crippen MR) is 60.2 cm³/mol. The van der Waals surface area contributed by atoms with E-state index >= 15 is 0 Å². The summed E-state index contributed by atoms with van der Waals surface area (Å²) in [7, 11) is 0. The third-order valence-corrected chi connectivity index (χ3v) is 3.86. The van der Waals surface area contributed by atoms with Crippen molar-refractivity contribution in [1.29, 1.82) is 0 Å². The average molecular weight is 247 g/mol. The highest BCUT2D eigenvalue weighted by molar-refractivity contribution is 9.11. The second kappa shape index (κ2) is 3.93. The molecule has 0 amide bonds. The molecule has 0 unspecified atom stereocenters. The lowest BCUT2D eigenvalue weighted by molar-refractivity contribution is 0.809. The first kappa shape index (κ1) is 10.3. The van der Waals surface area contributed by atoms with Crippen LogP contribution in [0.25, 0.3) is 0 Å². The van der Waals surface area contributed by atoms with Crippen molar-refractivity contribution in [3.05, 3.63) is 20.3 Å². The Balaban J connectivity index is 3.08. The molecule has 1 aromatic heterocycles. The number of rotatable bonds is 2. The van der Waals surface area contributed by atoms with Crippen molar-refractivity contribution in [1.82, 2.24) is 0 Å². The Hall–Kier alpha value is 0.180. The first-order valence-corrected chi connectivity index (χ1v) is 5.92. The van der Waals surface area contributed by atoms with Gasteiger partial charge in [-0.05, 0) is 39.4 Å². The Morgan fingerprint density at radius 3 is 2.08 bits per heavy atom. The fourth-order valence-electron chi connectivity index (χ4n) is 1.29. The van der Waals surface area contributed by atoms with Crippen LogP contribution in [0, 0.1) is 0 Å². The van der Waals surface area contributed by atoms with E-state index in [9.17, 15) is 0 Å². The van der Waals surface area contributed by atoms with Crippen LogP contribution >= 0.6 is 27.3 Å². The van der Waals surface area contributed by atoms with E-state index in [0.717, 1.165) is 0 Å². The Kier molecular flexibility index (Phi) is 3.36. The fourth-order valence-corrected chi connectivity index (χ4v) is 3.10. The van der Waals surface area contributed by atoms with Crippen LogP contribution in [-0.4, -0.2) is 0 Å². The van der Waals surface area contributed by atoms with E-state index in [-0.39, 0.29) is 0 Å². The Morgan fingerprint density at radius 1 is 1.17 bits per heavy atom. The van der Waals surface area contributed by atoms with Gasteiger partial charge in [-0.25, -0.2) is 0 Å². The molecule has 0 bridgehead atoms. The zero-order valence-electron chi connectivity index (χ0n) is 8.02. The largest absolute Gasteiger partial charge is 0.133 e. The normalized spacial score (nSPS) is 11.6. The minimum Gasteiger partial charge on any atom is -0.133 e. The van der Waals surface area contributed by atoms with Crippen molar-refractivity contribution in [2.45, 2.75) is 39.5 Å². The van der Waals surface area contributed by atoms with Crippen LogP contribution in [0.1, 0.15) is 50.0 Å². The lowest BCUT2D eigenvalue weighted by Crippen LogP contribution is -1.91. The molecule has 0 N–H and O–H groups in total. The van der Waals surface area contributed by atoms with Crippen LogP contribution in [0.4, 0.5) is 0 Å². The van der Waals surface area contributed by atoms with Crippen LogP contribution in [0.2, 0.25) is 0 Å². The quantitative estimate of drug-likeness (QED) is 0.707. The van der Waals surface area contributed by atoms with Gasteiger partial charge in [0, 0.05) is 4.88 Å². The molecule has 1 rings (SSSR count). The predicted octanol–water partition coefficient (Wildman–Crippen LogP) is 4.76. The average Bonchev–Trinajstić information content (AvgIpc) is 2.31. The summed E-state index contributed by atoms with van der Waals surface area (Å²) in [5.74, 6) is 1.30. The number of thiophene rings is 1. The van der Waals surface area contributed by atoms with E-state index in [0.29, 0.717) is 11.8 Å². The second-order valence-corrected chi connectivity index (χ2v) is 6.14. The topological polar surface area (TPSA) is 0 Å². The maximum Gasteiger partial charge on any atom is 0.0704 e. The van der Waals surface area contributed by atoms with Gasteiger partial charge in [-0.3, -0.25) is 0 Å². The highest BCUT2D eigenvalue weighted by Gasteiger charge is 2.13. The third-order valence-electron chi connectivity index (χ3n) is 1.91. The van der Waals surface area contributed by atoms with Gasteiger partial charge in [0.05, 0.1) is 3.79 Å². The van der Waals surface area contributed by atoms with Crippen LogP contribution in [0.15, 0.2) is 9.85 Å². The molecule has 1 heterocycles. The number of halogens is 1. The first-order valence-electron chi connectivity index (χ1n) is 4.31. The van der Waals surface area contributed by atoms with Crippen molar-refractivity contribution in [2.75, 3.05) is 0 Å². The molecule has 0 aromatic carbocycles. The Labute approximate surface area is 87.1 Å². The summed E-state index contributed by atoms with van der Waals surface area (Å²) in [5.41, 5.74) is 1.50. The van der Waals surface area contributed by atoms with E-state index < -0.39 is 0 Å². The fraction of sp³-hybridized carbons (Fsp3) is 0.600. The van der Waals surface area contributed by atoms with E-state index in [1.54, 1.807) is 0 Å². The molecule has 0 saturated heterocycles. The Bertz CT molecular complexity index is 235. The van der Waals surface area contributed by atoms with Gasteiger partial charge in [-0.1, -0.05) is 27.7 Å². The van der Waals surface area contributed by atoms with Gasteiger partial charge in [0.15, 0.2) is 0 Å². The molecule has 0 saturated carbocycles. The van der Waals surface area contributed by atoms with Crippen molar-refractivity contribution >= 4 is 27.3 Å². The molecule has 68 valence electrons. The summed E-state index contributed by atoms with van der Waals surface area (Å²) in [6, 6.07) is 2.25. The van der Waals surface area contributed by atoms with E-state index in [2.05, 4.69) is 49.7 Å². The van der Waals surface area contributed by atoms with Gasteiger partial charge in [0.25, 0.3) is 0 Å². The van der Waals surface area contributed by atoms with Crippen molar-refractivity contribution in [3.8, 4) is 0 Å². The molecule has 0 nitrogen and oxygen atoms in total. The monoisotopic (exact) mass is 246 g/mol. The lowest BCUT2D eigenvalue weighted by atomic mass is 9.99. The van der Waals surface area contributed by atoms with Gasteiger partial charge < -0.3 is 0 Å². The molecule has 2 heteroatoms. The van der Waals surface area contributed by atoms with E-state index in [1.165, 1.54) is 14.2 Å². The number of hydrogen-bond donors (Lipinski definition) is 0. The zero-order chi connectivity index (χ0) is 9.30. The molecule has 0 aliphatic carbocycles.